The van der Waals surface area contributed by atoms with Gasteiger partial charge in [-0.05, 0) is 33.7 Å². The van der Waals surface area contributed by atoms with Crippen LogP contribution in [0.25, 0.3) is 0 Å². The van der Waals surface area contributed by atoms with Crippen molar-refractivity contribution in [3.05, 3.63) is 16.9 Å². The Balaban J connectivity index is 2.60. The highest BCUT2D eigenvalue weighted by Gasteiger charge is 2.17. The molecule has 5 heteroatoms. The monoisotopic (exact) mass is 287 g/mol. The van der Waals surface area contributed by atoms with Gasteiger partial charge < -0.3 is 10.1 Å². The first-order valence-electron chi connectivity index (χ1n) is 6.80. The molecule has 0 fully saturated rings. The van der Waals surface area contributed by atoms with Gasteiger partial charge in [-0.3, -0.25) is 4.68 Å². The maximum absolute atomic E-state index is 6.24. The summed E-state index contributed by atoms with van der Waals surface area (Å²) < 4.78 is 7.05. The summed E-state index contributed by atoms with van der Waals surface area (Å²) in [6.07, 6.45) is 2.76. The van der Waals surface area contributed by atoms with E-state index in [9.17, 15) is 0 Å². The molecule has 0 bridgehead atoms. The molecule has 110 valence electrons. The van der Waals surface area contributed by atoms with Crippen molar-refractivity contribution in [2.45, 2.75) is 52.1 Å². The van der Waals surface area contributed by atoms with E-state index in [-0.39, 0.29) is 5.54 Å². The zero-order valence-corrected chi connectivity index (χ0v) is 13.4. The van der Waals surface area contributed by atoms with Gasteiger partial charge in [-0.15, -0.1) is 0 Å². The van der Waals surface area contributed by atoms with Crippen molar-refractivity contribution in [2.24, 2.45) is 0 Å². The molecule has 0 saturated carbocycles. The fourth-order valence-electron chi connectivity index (χ4n) is 2.02. The lowest BCUT2D eigenvalue weighted by molar-refractivity contribution is 0.182. The molecule has 0 aliphatic heterocycles. The Hall–Kier alpha value is -0.580. The highest BCUT2D eigenvalue weighted by atomic mass is 35.5. The summed E-state index contributed by atoms with van der Waals surface area (Å²) in [6, 6.07) is 0. The molecule has 0 radical (unpaired) electrons. The van der Waals surface area contributed by atoms with Gasteiger partial charge in [0.2, 0.25) is 0 Å². The fourth-order valence-corrected chi connectivity index (χ4v) is 2.35. The van der Waals surface area contributed by atoms with Crippen molar-refractivity contribution in [3.63, 3.8) is 0 Å². The normalized spacial score (nSPS) is 13.8. The van der Waals surface area contributed by atoms with Gasteiger partial charge >= 0.3 is 0 Å². The maximum Gasteiger partial charge on any atom is 0.0820 e. The first-order valence-corrected chi connectivity index (χ1v) is 7.18. The second kappa shape index (κ2) is 7.27. The predicted molar refractivity (Wildman–Crippen MR) is 79.9 cm³/mol. The fraction of sp³-hybridized carbons (Fsp3) is 0.786. The Morgan fingerprint density at radius 3 is 2.74 bits per heavy atom. The molecular formula is C14H26ClN3O. The molecule has 1 atom stereocenters. The van der Waals surface area contributed by atoms with E-state index in [1.165, 1.54) is 0 Å². The van der Waals surface area contributed by atoms with Crippen LogP contribution in [0.1, 0.15) is 45.7 Å². The van der Waals surface area contributed by atoms with Crippen molar-refractivity contribution in [1.82, 2.24) is 15.1 Å². The highest BCUT2D eigenvalue weighted by Crippen LogP contribution is 2.26. The van der Waals surface area contributed by atoms with Crippen LogP contribution >= 0.6 is 11.6 Å². The zero-order chi connectivity index (χ0) is 14.5. The highest BCUT2D eigenvalue weighted by molar-refractivity contribution is 6.31. The van der Waals surface area contributed by atoms with E-state index >= 15 is 0 Å². The minimum atomic E-state index is 0.153. The van der Waals surface area contributed by atoms with Gasteiger partial charge in [-0.1, -0.05) is 18.5 Å². The minimum Gasteiger partial charge on any atom is -0.383 e. The average molecular weight is 288 g/mol. The molecular weight excluding hydrogens is 262 g/mol. The zero-order valence-electron chi connectivity index (χ0n) is 12.7. The molecule has 19 heavy (non-hydrogen) atoms. The number of hydrogen-bond donors (Lipinski definition) is 1. The van der Waals surface area contributed by atoms with Crippen LogP contribution in [-0.2, 0) is 11.3 Å². The Bertz CT molecular complexity index is 385. The summed E-state index contributed by atoms with van der Waals surface area (Å²) >= 11 is 6.24. The maximum atomic E-state index is 6.24. The summed E-state index contributed by atoms with van der Waals surface area (Å²) in [6.45, 7) is 11.1. The SMILES string of the molecule is COCCn1ncc(Cl)c1C(C)CCNC(C)(C)C. The van der Waals surface area contributed by atoms with Crippen LogP contribution in [0, 0.1) is 0 Å². The summed E-state index contributed by atoms with van der Waals surface area (Å²) in [4.78, 5) is 0. The van der Waals surface area contributed by atoms with E-state index in [4.69, 9.17) is 16.3 Å². The lowest BCUT2D eigenvalue weighted by Crippen LogP contribution is -2.36. The number of nitrogens with zero attached hydrogens (tertiary/aromatic N) is 2. The summed E-state index contributed by atoms with van der Waals surface area (Å²) in [5.41, 5.74) is 1.26. The Labute approximate surface area is 121 Å². The van der Waals surface area contributed by atoms with Crippen LogP contribution in [-0.4, -0.2) is 35.6 Å². The van der Waals surface area contributed by atoms with E-state index in [0.717, 1.165) is 30.2 Å². The number of aromatic nitrogens is 2. The van der Waals surface area contributed by atoms with Crippen molar-refractivity contribution in [3.8, 4) is 0 Å². The molecule has 1 heterocycles. The topological polar surface area (TPSA) is 39.1 Å². The molecule has 0 aliphatic rings. The molecule has 1 aromatic rings. The molecule has 1 aromatic heterocycles. The molecule has 0 aromatic carbocycles. The van der Waals surface area contributed by atoms with Crippen LogP contribution in [0.4, 0.5) is 0 Å². The van der Waals surface area contributed by atoms with Crippen molar-refractivity contribution >= 4 is 11.6 Å². The van der Waals surface area contributed by atoms with Gasteiger partial charge in [0.15, 0.2) is 0 Å². The first kappa shape index (κ1) is 16.5. The number of rotatable bonds is 7. The molecule has 1 rings (SSSR count). The lowest BCUT2D eigenvalue weighted by Gasteiger charge is -2.22. The molecule has 1 unspecified atom stereocenters. The lowest BCUT2D eigenvalue weighted by atomic mass is 10.0. The summed E-state index contributed by atoms with van der Waals surface area (Å²) in [7, 11) is 1.70. The summed E-state index contributed by atoms with van der Waals surface area (Å²) in [5, 5.41) is 8.56. The standard InChI is InChI=1S/C14H26ClN3O/c1-11(6-7-16-14(2,3)4)13-12(15)10-17-18(13)8-9-19-5/h10-11,16H,6-9H2,1-5H3. The third-order valence-electron chi connectivity index (χ3n) is 3.04. The molecule has 1 N–H and O–H groups in total. The van der Waals surface area contributed by atoms with E-state index < -0.39 is 0 Å². The van der Waals surface area contributed by atoms with Gasteiger partial charge in [0.25, 0.3) is 0 Å². The first-order chi connectivity index (χ1) is 8.85. The van der Waals surface area contributed by atoms with E-state index in [1.54, 1.807) is 13.3 Å². The van der Waals surface area contributed by atoms with Gasteiger partial charge in [-0.2, -0.15) is 5.10 Å². The van der Waals surface area contributed by atoms with Gasteiger partial charge in [0.05, 0.1) is 30.1 Å². The van der Waals surface area contributed by atoms with Crippen LogP contribution in [0.15, 0.2) is 6.20 Å². The van der Waals surface area contributed by atoms with Crippen LogP contribution in [0.2, 0.25) is 5.02 Å². The van der Waals surface area contributed by atoms with E-state index in [1.807, 2.05) is 4.68 Å². The third-order valence-corrected chi connectivity index (χ3v) is 3.33. The summed E-state index contributed by atoms with van der Waals surface area (Å²) in [5.74, 6) is 0.377. The second-order valence-electron chi connectivity index (χ2n) is 5.96. The molecule has 0 aliphatic carbocycles. The van der Waals surface area contributed by atoms with Gasteiger partial charge in [0, 0.05) is 18.6 Å². The predicted octanol–water partition coefficient (Wildman–Crippen LogP) is 3.06. The number of ether oxygens (including phenoxy) is 1. The molecule has 4 nitrogen and oxygen atoms in total. The molecule has 0 saturated heterocycles. The number of methoxy groups -OCH3 is 1. The third kappa shape index (κ3) is 5.51. The largest absolute Gasteiger partial charge is 0.383 e. The van der Waals surface area contributed by atoms with Gasteiger partial charge in [-0.25, -0.2) is 0 Å². The quantitative estimate of drug-likeness (QED) is 0.838. The molecule has 0 amide bonds. The van der Waals surface area contributed by atoms with Crippen molar-refractivity contribution < 1.29 is 4.74 Å². The van der Waals surface area contributed by atoms with Crippen LogP contribution < -0.4 is 5.32 Å². The molecule has 0 spiro atoms. The van der Waals surface area contributed by atoms with Crippen molar-refractivity contribution in [2.75, 3.05) is 20.3 Å². The van der Waals surface area contributed by atoms with Crippen LogP contribution in [0.3, 0.4) is 0 Å². The van der Waals surface area contributed by atoms with Crippen molar-refractivity contribution in [1.29, 1.82) is 0 Å². The Kier molecular flexibility index (Phi) is 6.30. The van der Waals surface area contributed by atoms with E-state index in [0.29, 0.717) is 12.5 Å². The number of nitrogens with one attached hydrogen (secondary N) is 1. The Morgan fingerprint density at radius 2 is 2.16 bits per heavy atom. The smallest absolute Gasteiger partial charge is 0.0820 e. The average Bonchev–Trinajstić information content (AvgIpc) is 2.66. The van der Waals surface area contributed by atoms with Crippen LogP contribution in [0.5, 0.6) is 0 Å². The Morgan fingerprint density at radius 1 is 1.47 bits per heavy atom. The van der Waals surface area contributed by atoms with E-state index in [2.05, 4.69) is 38.1 Å². The van der Waals surface area contributed by atoms with Gasteiger partial charge in [0.1, 0.15) is 0 Å². The number of halogens is 1. The minimum absolute atomic E-state index is 0.153. The number of hydrogen-bond acceptors (Lipinski definition) is 3. The second-order valence-corrected chi connectivity index (χ2v) is 6.37.